The Morgan fingerprint density at radius 3 is 2.40 bits per heavy atom. The lowest BCUT2D eigenvalue weighted by atomic mass is 9.83. The average Bonchev–Trinajstić information content (AvgIpc) is 3.62. The number of amides is 2. The first-order valence-electron chi connectivity index (χ1n) is 15.3. The molecule has 2 amide bonds. The van der Waals surface area contributed by atoms with E-state index in [9.17, 15) is 14.7 Å². The molecule has 4 aromatic rings. The van der Waals surface area contributed by atoms with Crippen LogP contribution in [0.1, 0.15) is 81.5 Å². The molecule has 1 aliphatic heterocycles. The van der Waals surface area contributed by atoms with Gasteiger partial charge in [-0.25, -0.2) is 0 Å². The highest BCUT2D eigenvalue weighted by molar-refractivity contribution is 6.04. The predicted molar refractivity (Wildman–Crippen MR) is 167 cm³/mol. The minimum atomic E-state index is -0.433. The molecule has 3 aromatic carbocycles. The third-order valence-corrected chi connectivity index (χ3v) is 9.39. The Morgan fingerprint density at radius 2 is 1.71 bits per heavy atom. The molecule has 1 aromatic heterocycles. The van der Waals surface area contributed by atoms with E-state index in [0.29, 0.717) is 6.54 Å². The van der Waals surface area contributed by atoms with Crippen LogP contribution >= 0.6 is 0 Å². The number of nitrogens with zero attached hydrogens (tertiary/aromatic N) is 2. The number of aliphatic hydroxyl groups excluding tert-OH is 1. The standard InChI is InChI=1S/C36H41N3O3/c1-23-19-24(2)32-29-17-18-38(3)36(42)34(29)39(31(32)20-23)21-25-13-15-28(16-14-25)33(27-11-7-8-12-27)35(41)37-30(22-40)26-9-5-4-6-10-26/h4-6,9-10,13-16,19-20,27,30,33,40H,7-8,11-12,17-18,21-22H2,1-3H3,(H,37,41)/t30-,33?/m0/s1. The summed E-state index contributed by atoms with van der Waals surface area (Å²) >= 11 is 0. The molecule has 2 heterocycles. The van der Waals surface area contributed by atoms with Gasteiger partial charge in [-0.3, -0.25) is 9.59 Å². The van der Waals surface area contributed by atoms with E-state index in [0.717, 1.165) is 72.1 Å². The Kier molecular flexibility index (Phi) is 7.91. The number of fused-ring (bicyclic) bond motifs is 3. The number of likely N-dealkylation sites (N-methyl/N-ethyl adjacent to an activating group) is 1. The number of carbonyl (C=O) groups is 2. The van der Waals surface area contributed by atoms with Gasteiger partial charge in [0.1, 0.15) is 5.69 Å². The maximum atomic E-state index is 13.8. The predicted octanol–water partition coefficient (Wildman–Crippen LogP) is 6.06. The minimum Gasteiger partial charge on any atom is -0.394 e. The van der Waals surface area contributed by atoms with Crippen molar-refractivity contribution in [3.05, 3.63) is 106 Å². The molecule has 2 aliphatic rings. The molecule has 1 saturated carbocycles. The Morgan fingerprint density at radius 1 is 1.00 bits per heavy atom. The molecule has 0 bridgehead atoms. The number of hydrogen-bond acceptors (Lipinski definition) is 3. The molecule has 1 unspecified atom stereocenters. The lowest BCUT2D eigenvalue weighted by Crippen LogP contribution is -2.37. The smallest absolute Gasteiger partial charge is 0.270 e. The van der Waals surface area contributed by atoms with Gasteiger partial charge in [0.2, 0.25) is 5.91 Å². The molecule has 0 saturated heterocycles. The maximum Gasteiger partial charge on any atom is 0.270 e. The van der Waals surface area contributed by atoms with Crippen molar-refractivity contribution in [1.82, 2.24) is 14.8 Å². The summed E-state index contributed by atoms with van der Waals surface area (Å²) in [5.74, 6) is 0.0732. The molecule has 0 radical (unpaired) electrons. The highest BCUT2D eigenvalue weighted by Crippen LogP contribution is 2.39. The first-order valence-corrected chi connectivity index (χ1v) is 15.3. The van der Waals surface area contributed by atoms with Gasteiger partial charge in [0, 0.05) is 31.0 Å². The number of benzene rings is 3. The number of carbonyl (C=O) groups excluding carboxylic acids is 2. The van der Waals surface area contributed by atoms with Crippen molar-refractivity contribution < 1.29 is 14.7 Å². The topological polar surface area (TPSA) is 74.6 Å². The van der Waals surface area contributed by atoms with Gasteiger partial charge in [0.15, 0.2) is 0 Å². The Hall–Kier alpha value is -3.90. The van der Waals surface area contributed by atoms with Crippen molar-refractivity contribution in [3.63, 3.8) is 0 Å². The second-order valence-electron chi connectivity index (χ2n) is 12.3. The minimum absolute atomic E-state index is 0.0254. The zero-order chi connectivity index (χ0) is 29.4. The molecule has 1 fully saturated rings. The van der Waals surface area contributed by atoms with Crippen LogP contribution in [-0.4, -0.2) is 46.6 Å². The van der Waals surface area contributed by atoms with Crippen LogP contribution in [0, 0.1) is 19.8 Å². The van der Waals surface area contributed by atoms with Gasteiger partial charge in [-0.2, -0.15) is 0 Å². The molecular weight excluding hydrogens is 522 g/mol. The van der Waals surface area contributed by atoms with Crippen molar-refractivity contribution in [3.8, 4) is 0 Å². The fourth-order valence-electron chi connectivity index (χ4n) is 7.29. The van der Waals surface area contributed by atoms with E-state index in [1.807, 2.05) is 42.3 Å². The third kappa shape index (κ3) is 5.24. The summed E-state index contributed by atoms with van der Waals surface area (Å²) in [4.78, 5) is 29.0. The van der Waals surface area contributed by atoms with Crippen LogP contribution < -0.4 is 5.32 Å². The lowest BCUT2D eigenvalue weighted by Gasteiger charge is -2.26. The highest BCUT2D eigenvalue weighted by Gasteiger charge is 2.34. The van der Waals surface area contributed by atoms with Gasteiger partial charge < -0.3 is 19.9 Å². The quantitative estimate of drug-likeness (QED) is 0.274. The van der Waals surface area contributed by atoms with Gasteiger partial charge in [0.25, 0.3) is 5.91 Å². The van der Waals surface area contributed by atoms with Crippen LogP contribution in [0.4, 0.5) is 0 Å². The summed E-state index contributed by atoms with van der Waals surface area (Å²) < 4.78 is 2.20. The molecule has 6 nitrogen and oxygen atoms in total. The van der Waals surface area contributed by atoms with Crippen molar-refractivity contribution in [2.45, 2.75) is 64.5 Å². The normalized spacial score (nSPS) is 17.0. The number of hydrogen-bond donors (Lipinski definition) is 2. The zero-order valence-corrected chi connectivity index (χ0v) is 24.9. The van der Waals surface area contributed by atoms with Crippen LogP contribution in [0.3, 0.4) is 0 Å². The molecule has 218 valence electrons. The molecule has 6 rings (SSSR count). The fraction of sp³-hybridized carbons (Fsp3) is 0.389. The summed E-state index contributed by atoms with van der Waals surface area (Å²) in [7, 11) is 1.88. The Balaban J connectivity index is 1.31. The number of nitrogens with one attached hydrogen (secondary N) is 1. The first-order chi connectivity index (χ1) is 20.4. The first kappa shape index (κ1) is 28.2. The largest absolute Gasteiger partial charge is 0.394 e. The van der Waals surface area contributed by atoms with Crippen LogP contribution in [0.2, 0.25) is 0 Å². The Bertz CT molecular complexity index is 1600. The van der Waals surface area contributed by atoms with Crippen LogP contribution in [-0.2, 0) is 17.8 Å². The number of aromatic nitrogens is 1. The van der Waals surface area contributed by atoms with E-state index in [-0.39, 0.29) is 30.3 Å². The summed E-state index contributed by atoms with van der Waals surface area (Å²) in [5, 5.41) is 14.4. The number of aliphatic hydroxyl groups is 1. The molecule has 6 heteroatoms. The molecule has 2 N–H and O–H groups in total. The van der Waals surface area contributed by atoms with E-state index < -0.39 is 6.04 Å². The van der Waals surface area contributed by atoms with Crippen LogP contribution in [0.25, 0.3) is 10.9 Å². The van der Waals surface area contributed by atoms with E-state index in [4.69, 9.17) is 0 Å². The molecule has 0 spiro atoms. The molecule has 42 heavy (non-hydrogen) atoms. The van der Waals surface area contributed by atoms with Crippen molar-refractivity contribution in [1.29, 1.82) is 0 Å². The van der Waals surface area contributed by atoms with Gasteiger partial charge >= 0.3 is 0 Å². The number of aryl methyl sites for hydroxylation is 2. The van der Waals surface area contributed by atoms with Crippen LogP contribution in [0.5, 0.6) is 0 Å². The van der Waals surface area contributed by atoms with Gasteiger partial charge in [0.05, 0.1) is 18.6 Å². The summed E-state index contributed by atoms with van der Waals surface area (Å²) in [6.45, 7) is 5.44. The third-order valence-electron chi connectivity index (χ3n) is 9.39. The number of rotatable bonds is 8. The monoisotopic (exact) mass is 563 g/mol. The maximum absolute atomic E-state index is 13.8. The fourth-order valence-corrected chi connectivity index (χ4v) is 7.29. The molecule has 1 aliphatic carbocycles. The second-order valence-corrected chi connectivity index (χ2v) is 12.3. The highest BCUT2D eigenvalue weighted by atomic mass is 16.3. The Labute approximate surface area is 248 Å². The van der Waals surface area contributed by atoms with E-state index >= 15 is 0 Å². The average molecular weight is 564 g/mol. The van der Waals surface area contributed by atoms with Crippen molar-refractivity contribution >= 4 is 22.7 Å². The SMILES string of the molecule is Cc1cc(C)c2c3c(n(Cc4ccc(C(C(=O)N[C@@H](CO)c5ccccc5)C5CCCC5)cc4)c2c1)C(=O)N(C)CC3. The molecular formula is C36H41N3O3. The van der Waals surface area contributed by atoms with Gasteiger partial charge in [-0.1, -0.05) is 73.5 Å². The summed E-state index contributed by atoms with van der Waals surface area (Å²) in [6.07, 6.45) is 5.21. The van der Waals surface area contributed by atoms with E-state index in [1.54, 1.807) is 0 Å². The van der Waals surface area contributed by atoms with Crippen LogP contribution in [0.15, 0.2) is 66.7 Å². The zero-order valence-electron chi connectivity index (χ0n) is 24.9. The van der Waals surface area contributed by atoms with Gasteiger partial charge in [-0.05, 0) is 78.5 Å². The van der Waals surface area contributed by atoms with E-state index in [2.05, 4.69) is 60.1 Å². The summed E-state index contributed by atoms with van der Waals surface area (Å²) in [5.41, 5.74) is 8.50. The van der Waals surface area contributed by atoms with Gasteiger partial charge in [-0.15, -0.1) is 0 Å². The lowest BCUT2D eigenvalue weighted by molar-refractivity contribution is -0.124. The second kappa shape index (κ2) is 11.8. The van der Waals surface area contributed by atoms with Crippen molar-refractivity contribution in [2.24, 2.45) is 5.92 Å². The molecule has 2 atom stereocenters. The summed E-state index contributed by atoms with van der Waals surface area (Å²) in [6, 6.07) is 22.1. The van der Waals surface area contributed by atoms with Crippen molar-refractivity contribution in [2.75, 3.05) is 20.2 Å². The van der Waals surface area contributed by atoms with E-state index in [1.165, 1.54) is 16.5 Å².